The summed E-state index contributed by atoms with van der Waals surface area (Å²) in [4.78, 5) is 8.04. The Morgan fingerprint density at radius 1 is 1.31 bits per heavy atom. The molecule has 0 saturated carbocycles. The molecule has 0 aliphatic rings. The number of hydrogen-bond acceptors (Lipinski definition) is 3. The molecular formula is C9H13ClN2O. The number of aryl methyl sites for hydroxylation is 1. The Hall–Kier alpha value is -0.830. The fourth-order valence-electron chi connectivity index (χ4n) is 0.871. The van der Waals surface area contributed by atoms with Crippen LogP contribution in [0.5, 0.6) is 5.88 Å². The zero-order chi connectivity index (χ0) is 10.1. The Labute approximate surface area is 83.1 Å². The molecule has 3 nitrogen and oxygen atoms in total. The third-order valence-electron chi connectivity index (χ3n) is 1.19. The van der Waals surface area contributed by atoms with Crippen LogP contribution in [0, 0.1) is 6.92 Å². The number of hydrogen-bond donors (Lipinski definition) is 0. The lowest BCUT2D eigenvalue weighted by atomic mass is 10.2. The Morgan fingerprint density at radius 3 is 2.38 bits per heavy atom. The topological polar surface area (TPSA) is 35.0 Å². The van der Waals surface area contributed by atoms with Gasteiger partial charge in [0, 0.05) is 6.07 Å². The number of aromatic nitrogens is 2. The third-order valence-corrected chi connectivity index (χ3v) is 1.39. The first-order valence-electron chi connectivity index (χ1n) is 4.07. The molecular weight excluding hydrogens is 188 g/mol. The van der Waals surface area contributed by atoms with E-state index in [4.69, 9.17) is 16.3 Å². The van der Waals surface area contributed by atoms with Crippen molar-refractivity contribution in [2.24, 2.45) is 0 Å². The van der Waals surface area contributed by atoms with E-state index < -0.39 is 0 Å². The van der Waals surface area contributed by atoms with Crippen LogP contribution in [-0.2, 0) is 0 Å². The molecule has 1 heterocycles. The maximum Gasteiger partial charge on any atom is 0.218 e. The summed E-state index contributed by atoms with van der Waals surface area (Å²) in [6.07, 6.45) is 0. The molecule has 0 radical (unpaired) electrons. The minimum absolute atomic E-state index is 0.260. The lowest BCUT2D eigenvalue weighted by molar-refractivity contribution is 0.123. The van der Waals surface area contributed by atoms with Crippen LogP contribution in [-0.4, -0.2) is 15.6 Å². The lowest BCUT2D eigenvalue weighted by Crippen LogP contribution is -2.23. The largest absolute Gasteiger partial charge is 0.472 e. The van der Waals surface area contributed by atoms with E-state index in [1.165, 1.54) is 0 Å². The van der Waals surface area contributed by atoms with Crippen LogP contribution in [0.2, 0.25) is 5.15 Å². The van der Waals surface area contributed by atoms with Crippen LogP contribution in [0.25, 0.3) is 0 Å². The highest BCUT2D eigenvalue weighted by Crippen LogP contribution is 2.18. The highest BCUT2D eigenvalue weighted by atomic mass is 35.5. The summed E-state index contributed by atoms with van der Waals surface area (Å²) in [6.45, 7) is 7.65. The standard InChI is InChI=1S/C9H13ClN2O/c1-6-11-7(10)5-8(12-6)13-9(2,3)4/h5H,1-4H3. The molecule has 0 aliphatic carbocycles. The van der Waals surface area contributed by atoms with Crippen LogP contribution in [0.3, 0.4) is 0 Å². The summed E-state index contributed by atoms with van der Waals surface area (Å²) in [5.41, 5.74) is -0.260. The van der Waals surface area contributed by atoms with E-state index in [1.807, 2.05) is 20.8 Å². The summed E-state index contributed by atoms with van der Waals surface area (Å²) in [5, 5.41) is 0.409. The van der Waals surface area contributed by atoms with Crippen molar-refractivity contribution in [1.29, 1.82) is 0 Å². The van der Waals surface area contributed by atoms with E-state index in [9.17, 15) is 0 Å². The Balaban J connectivity index is 2.90. The van der Waals surface area contributed by atoms with Crippen LogP contribution in [0.1, 0.15) is 26.6 Å². The van der Waals surface area contributed by atoms with E-state index in [0.29, 0.717) is 16.9 Å². The van der Waals surface area contributed by atoms with Crippen molar-refractivity contribution in [3.63, 3.8) is 0 Å². The molecule has 0 unspecified atom stereocenters. The van der Waals surface area contributed by atoms with Gasteiger partial charge in [-0.15, -0.1) is 0 Å². The summed E-state index contributed by atoms with van der Waals surface area (Å²) in [6, 6.07) is 1.61. The maximum atomic E-state index is 5.75. The minimum Gasteiger partial charge on any atom is -0.472 e. The molecule has 0 atom stereocenters. The van der Waals surface area contributed by atoms with E-state index in [-0.39, 0.29) is 5.60 Å². The summed E-state index contributed by atoms with van der Waals surface area (Å²) in [7, 11) is 0. The molecule has 0 fully saturated rings. The molecule has 0 amide bonds. The molecule has 4 heteroatoms. The SMILES string of the molecule is Cc1nc(Cl)cc(OC(C)(C)C)n1. The van der Waals surface area contributed by atoms with Gasteiger partial charge in [0.05, 0.1) is 0 Å². The molecule has 1 aromatic rings. The van der Waals surface area contributed by atoms with Gasteiger partial charge < -0.3 is 4.74 Å². The molecule has 13 heavy (non-hydrogen) atoms. The minimum atomic E-state index is -0.260. The van der Waals surface area contributed by atoms with Gasteiger partial charge in [0.1, 0.15) is 16.6 Å². The van der Waals surface area contributed by atoms with E-state index in [0.717, 1.165) is 0 Å². The van der Waals surface area contributed by atoms with Crippen LogP contribution in [0.15, 0.2) is 6.07 Å². The second-order valence-corrected chi connectivity index (χ2v) is 4.18. The summed E-state index contributed by atoms with van der Waals surface area (Å²) < 4.78 is 5.53. The van der Waals surface area contributed by atoms with Crippen LogP contribution < -0.4 is 4.74 Å². The first-order chi connectivity index (χ1) is 5.87. The van der Waals surface area contributed by atoms with Crippen molar-refractivity contribution < 1.29 is 4.74 Å². The van der Waals surface area contributed by atoms with Crippen molar-refractivity contribution in [1.82, 2.24) is 9.97 Å². The molecule has 0 saturated heterocycles. The fraction of sp³-hybridized carbons (Fsp3) is 0.556. The highest BCUT2D eigenvalue weighted by Gasteiger charge is 2.13. The molecule has 0 N–H and O–H groups in total. The van der Waals surface area contributed by atoms with Gasteiger partial charge in [0.2, 0.25) is 5.88 Å². The van der Waals surface area contributed by atoms with Gasteiger partial charge in [-0.3, -0.25) is 0 Å². The van der Waals surface area contributed by atoms with Crippen molar-refractivity contribution in [2.75, 3.05) is 0 Å². The average molecular weight is 201 g/mol. The predicted molar refractivity (Wildman–Crippen MR) is 52.2 cm³/mol. The molecule has 1 rings (SSSR count). The summed E-state index contributed by atoms with van der Waals surface area (Å²) >= 11 is 5.75. The van der Waals surface area contributed by atoms with Gasteiger partial charge in [0.25, 0.3) is 0 Å². The molecule has 1 aromatic heterocycles. The van der Waals surface area contributed by atoms with Gasteiger partial charge in [-0.2, -0.15) is 4.98 Å². The first kappa shape index (κ1) is 10.3. The zero-order valence-corrected chi connectivity index (χ0v) is 9.01. The second kappa shape index (κ2) is 3.50. The first-order valence-corrected chi connectivity index (χ1v) is 4.45. The van der Waals surface area contributed by atoms with Crippen molar-refractivity contribution >= 4 is 11.6 Å². The smallest absolute Gasteiger partial charge is 0.218 e. The highest BCUT2D eigenvalue weighted by molar-refractivity contribution is 6.29. The van der Waals surface area contributed by atoms with Gasteiger partial charge in [-0.25, -0.2) is 4.98 Å². The number of rotatable bonds is 1. The van der Waals surface area contributed by atoms with Crippen molar-refractivity contribution in [2.45, 2.75) is 33.3 Å². The van der Waals surface area contributed by atoms with Gasteiger partial charge in [-0.05, 0) is 27.7 Å². The lowest BCUT2D eigenvalue weighted by Gasteiger charge is -2.20. The molecule has 0 aliphatic heterocycles. The fourth-order valence-corrected chi connectivity index (χ4v) is 1.09. The molecule has 0 bridgehead atoms. The average Bonchev–Trinajstić information content (AvgIpc) is 1.78. The Morgan fingerprint density at radius 2 is 1.92 bits per heavy atom. The van der Waals surface area contributed by atoms with Gasteiger partial charge in [-0.1, -0.05) is 11.6 Å². The molecule has 0 spiro atoms. The summed E-state index contributed by atoms with van der Waals surface area (Å²) in [5.74, 6) is 1.14. The number of halogens is 1. The van der Waals surface area contributed by atoms with Gasteiger partial charge >= 0.3 is 0 Å². The van der Waals surface area contributed by atoms with E-state index >= 15 is 0 Å². The van der Waals surface area contributed by atoms with Crippen LogP contribution >= 0.6 is 11.6 Å². The predicted octanol–water partition coefficient (Wildman–Crippen LogP) is 2.62. The quantitative estimate of drug-likeness (QED) is 0.654. The maximum absolute atomic E-state index is 5.75. The van der Waals surface area contributed by atoms with E-state index in [2.05, 4.69) is 9.97 Å². The third kappa shape index (κ3) is 3.59. The number of ether oxygens (including phenoxy) is 1. The zero-order valence-electron chi connectivity index (χ0n) is 8.26. The molecule has 0 aromatic carbocycles. The Bertz CT molecular complexity index is 287. The van der Waals surface area contributed by atoms with Gasteiger partial charge in [0.15, 0.2) is 0 Å². The normalized spacial score (nSPS) is 11.5. The second-order valence-electron chi connectivity index (χ2n) is 3.79. The van der Waals surface area contributed by atoms with E-state index in [1.54, 1.807) is 13.0 Å². The van der Waals surface area contributed by atoms with Crippen molar-refractivity contribution in [3.05, 3.63) is 17.0 Å². The van der Waals surface area contributed by atoms with Crippen molar-refractivity contribution in [3.8, 4) is 5.88 Å². The molecule has 72 valence electrons. The monoisotopic (exact) mass is 200 g/mol. The Kier molecular flexibility index (Phi) is 2.76. The van der Waals surface area contributed by atoms with Crippen LogP contribution in [0.4, 0.5) is 0 Å². The number of nitrogens with zero attached hydrogens (tertiary/aromatic N) is 2.